The number of halogens is 2. The van der Waals surface area contributed by atoms with Gasteiger partial charge in [-0.1, -0.05) is 0 Å². The van der Waals surface area contributed by atoms with Crippen LogP contribution in [0.4, 0.5) is 4.39 Å². The average Bonchev–Trinajstić information content (AvgIpc) is 3.00. The Morgan fingerprint density at radius 3 is 2.87 bits per heavy atom. The number of carbonyl (C=O) groups is 1. The molecule has 1 fully saturated rings. The molecule has 0 saturated heterocycles. The molecule has 1 aromatic carbocycles. The molecule has 0 aliphatic heterocycles. The lowest BCUT2D eigenvalue weighted by molar-refractivity contribution is -0.130. The summed E-state index contributed by atoms with van der Waals surface area (Å²) in [5, 5.41) is 9.67. The molecule has 23 heavy (non-hydrogen) atoms. The topological polar surface area (TPSA) is 79.9 Å². The van der Waals surface area contributed by atoms with Crippen LogP contribution in [0.5, 0.6) is 5.75 Å². The number of hydrogen-bond donors (Lipinski definition) is 2. The summed E-state index contributed by atoms with van der Waals surface area (Å²) in [5.41, 5.74) is -0.495. The minimum Gasteiger partial charge on any atom is -0.480 e. The Bertz CT molecular complexity index is 704. The minimum atomic E-state index is -0.725. The summed E-state index contributed by atoms with van der Waals surface area (Å²) in [6.45, 7) is 1.65. The van der Waals surface area contributed by atoms with Gasteiger partial charge in [0, 0.05) is 0 Å². The fourth-order valence-corrected chi connectivity index (χ4v) is 2.98. The summed E-state index contributed by atoms with van der Waals surface area (Å²) in [6, 6.07) is 4.06. The van der Waals surface area contributed by atoms with Crippen LogP contribution in [0.25, 0.3) is 0 Å². The zero-order valence-electron chi connectivity index (χ0n) is 12.5. The van der Waals surface area contributed by atoms with Crippen LogP contribution in [0, 0.1) is 5.82 Å². The van der Waals surface area contributed by atoms with Gasteiger partial charge in [-0.2, -0.15) is 5.10 Å². The van der Waals surface area contributed by atoms with E-state index in [9.17, 15) is 9.18 Å². The fraction of sp³-hybridized carbons (Fsp3) is 0.400. The quantitative estimate of drug-likeness (QED) is 0.832. The van der Waals surface area contributed by atoms with Crippen LogP contribution in [0.1, 0.15) is 32.0 Å². The van der Waals surface area contributed by atoms with E-state index in [1.807, 2.05) is 0 Å². The van der Waals surface area contributed by atoms with Crippen molar-refractivity contribution in [1.29, 1.82) is 0 Å². The molecule has 1 aliphatic carbocycles. The van der Waals surface area contributed by atoms with Crippen molar-refractivity contribution < 1.29 is 13.9 Å². The number of nitrogens with zero attached hydrogens (tertiary/aromatic N) is 2. The number of aromatic amines is 1. The molecule has 1 aromatic heterocycles. The maximum atomic E-state index is 13.1. The monoisotopic (exact) mass is 382 g/mol. The highest BCUT2D eigenvalue weighted by atomic mass is 79.9. The van der Waals surface area contributed by atoms with Gasteiger partial charge in [-0.3, -0.25) is 9.89 Å². The predicted octanol–water partition coefficient (Wildman–Crippen LogP) is 2.67. The van der Waals surface area contributed by atoms with Gasteiger partial charge >= 0.3 is 0 Å². The SMILES string of the molecule is C[C@H](Oc1ccc(F)cc1Br)C(=O)NC1(c2ncn[nH]2)CCC1. The number of H-pyrrole nitrogens is 1. The molecule has 1 aliphatic rings. The third-order valence-corrected chi connectivity index (χ3v) is 4.62. The van der Waals surface area contributed by atoms with Crippen molar-refractivity contribution in [2.24, 2.45) is 0 Å². The summed E-state index contributed by atoms with van der Waals surface area (Å²) in [4.78, 5) is 16.6. The molecule has 2 N–H and O–H groups in total. The van der Waals surface area contributed by atoms with Gasteiger partial charge in [-0.25, -0.2) is 9.37 Å². The number of amides is 1. The zero-order valence-corrected chi connectivity index (χ0v) is 14.1. The van der Waals surface area contributed by atoms with Crippen LogP contribution >= 0.6 is 15.9 Å². The molecule has 0 spiro atoms. The first-order valence-corrected chi connectivity index (χ1v) is 8.09. The van der Waals surface area contributed by atoms with E-state index in [0.29, 0.717) is 16.0 Å². The third-order valence-electron chi connectivity index (χ3n) is 4.00. The molecular formula is C15H16BrFN4O2. The highest BCUT2D eigenvalue weighted by Gasteiger charge is 2.43. The summed E-state index contributed by atoms with van der Waals surface area (Å²) in [7, 11) is 0. The van der Waals surface area contributed by atoms with Crippen molar-refractivity contribution in [3.8, 4) is 5.75 Å². The maximum Gasteiger partial charge on any atom is 0.261 e. The number of rotatable bonds is 5. The standard InChI is InChI=1S/C15H16BrFN4O2/c1-9(23-12-4-3-10(17)7-11(12)16)13(22)20-15(5-2-6-15)14-18-8-19-21-14/h3-4,7-9H,2,5-6H2,1H3,(H,20,22)(H,18,19,21)/t9-/m0/s1. The van der Waals surface area contributed by atoms with Crippen LogP contribution in [-0.2, 0) is 10.3 Å². The minimum absolute atomic E-state index is 0.252. The van der Waals surface area contributed by atoms with Gasteiger partial charge in [-0.05, 0) is 60.3 Å². The number of nitrogens with one attached hydrogen (secondary N) is 2. The molecule has 3 rings (SSSR count). The van der Waals surface area contributed by atoms with Gasteiger partial charge in [-0.15, -0.1) is 0 Å². The Kier molecular flexibility index (Phi) is 4.34. The lowest BCUT2D eigenvalue weighted by atomic mass is 9.76. The molecule has 6 nitrogen and oxygen atoms in total. The molecule has 0 unspecified atom stereocenters. The zero-order chi connectivity index (χ0) is 16.4. The predicted molar refractivity (Wildman–Crippen MR) is 84.2 cm³/mol. The molecule has 1 atom stereocenters. The van der Waals surface area contributed by atoms with Crippen LogP contribution in [0.15, 0.2) is 29.0 Å². The van der Waals surface area contributed by atoms with Crippen LogP contribution in [-0.4, -0.2) is 27.2 Å². The van der Waals surface area contributed by atoms with E-state index in [0.717, 1.165) is 19.3 Å². The third kappa shape index (κ3) is 3.21. The Hall–Kier alpha value is -1.96. The first-order chi connectivity index (χ1) is 11.0. The lowest BCUT2D eigenvalue weighted by Crippen LogP contribution is -2.54. The Balaban J connectivity index is 1.68. The number of ether oxygens (including phenoxy) is 1. The summed E-state index contributed by atoms with van der Waals surface area (Å²) < 4.78 is 19.2. The normalized spacial score (nSPS) is 17.2. The second-order valence-corrected chi connectivity index (χ2v) is 6.45. The van der Waals surface area contributed by atoms with Gasteiger partial charge in [0.25, 0.3) is 5.91 Å². The number of hydrogen-bond acceptors (Lipinski definition) is 4. The molecule has 0 radical (unpaired) electrons. The highest BCUT2D eigenvalue weighted by Crippen LogP contribution is 2.39. The van der Waals surface area contributed by atoms with Gasteiger partial charge in [0.15, 0.2) is 6.10 Å². The molecule has 8 heteroatoms. The Morgan fingerprint density at radius 2 is 2.30 bits per heavy atom. The molecule has 122 valence electrons. The van der Waals surface area contributed by atoms with Crippen molar-refractivity contribution in [3.05, 3.63) is 40.6 Å². The van der Waals surface area contributed by atoms with Crippen molar-refractivity contribution in [2.75, 3.05) is 0 Å². The van der Waals surface area contributed by atoms with Crippen LogP contribution < -0.4 is 10.1 Å². The second kappa shape index (κ2) is 6.27. The van der Waals surface area contributed by atoms with Crippen molar-refractivity contribution in [1.82, 2.24) is 20.5 Å². The Morgan fingerprint density at radius 1 is 1.52 bits per heavy atom. The fourth-order valence-electron chi connectivity index (χ4n) is 2.54. The molecule has 1 saturated carbocycles. The maximum absolute atomic E-state index is 13.1. The van der Waals surface area contributed by atoms with Gasteiger partial charge < -0.3 is 10.1 Å². The largest absolute Gasteiger partial charge is 0.480 e. The number of carbonyl (C=O) groups excluding carboxylic acids is 1. The molecular weight excluding hydrogens is 367 g/mol. The van der Waals surface area contributed by atoms with Gasteiger partial charge in [0.05, 0.1) is 10.0 Å². The first-order valence-electron chi connectivity index (χ1n) is 7.30. The summed E-state index contributed by atoms with van der Waals surface area (Å²) in [5.74, 6) is 0.445. The molecule has 0 bridgehead atoms. The van der Waals surface area contributed by atoms with E-state index < -0.39 is 11.6 Å². The van der Waals surface area contributed by atoms with Gasteiger partial charge in [0.1, 0.15) is 23.7 Å². The van der Waals surface area contributed by atoms with E-state index in [1.54, 1.807) is 6.92 Å². The van der Waals surface area contributed by atoms with E-state index in [4.69, 9.17) is 4.74 Å². The highest BCUT2D eigenvalue weighted by molar-refractivity contribution is 9.10. The lowest BCUT2D eigenvalue weighted by Gasteiger charge is -2.41. The number of benzene rings is 1. The Labute approximate surface area is 141 Å². The van der Waals surface area contributed by atoms with E-state index in [2.05, 4.69) is 36.4 Å². The van der Waals surface area contributed by atoms with Crippen molar-refractivity contribution in [2.45, 2.75) is 37.8 Å². The van der Waals surface area contributed by atoms with E-state index >= 15 is 0 Å². The summed E-state index contributed by atoms with van der Waals surface area (Å²) in [6.07, 6.45) is 3.33. The van der Waals surface area contributed by atoms with E-state index in [-0.39, 0.29) is 11.7 Å². The molecule has 2 aromatic rings. The average molecular weight is 383 g/mol. The molecule has 1 heterocycles. The number of aromatic nitrogens is 3. The second-order valence-electron chi connectivity index (χ2n) is 5.59. The van der Waals surface area contributed by atoms with Crippen LogP contribution in [0.2, 0.25) is 0 Å². The van der Waals surface area contributed by atoms with Gasteiger partial charge in [0.2, 0.25) is 0 Å². The molecule has 1 amide bonds. The van der Waals surface area contributed by atoms with Crippen molar-refractivity contribution >= 4 is 21.8 Å². The van der Waals surface area contributed by atoms with Crippen molar-refractivity contribution in [3.63, 3.8) is 0 Å². The van der Waals surface area contributed by atoms with E-state index in [1.165, 1.54) is 24.5 Å². The summed E-state index contributed by atoms with van der Waals surface area (Å²) >= 11 is 3.22. The van der Waals surface area contributed by atoms with Crippen LogP contribution in [0.3, 0.4) is 0 Å². The smallest absolute Gasteiger partial charge is 0.261 e. The first kappa shape index (κ1) is 15.9.